The highest BCUT2D eigenvalue weighted by molar-refractivity contribution is 7.10. The van der Waals surface area contributed by atoms with Gasteiger partial charge in [-0.25, -0.2) is 9.78 Å². The van der Waals surface area contributed by atoms with Gasteiger partial charge >= 0.3 is 5.97 Å². The summed E-state index contributed by atoms with van der Waals surface area (Å²) in [7, 11) is 2.94. The van der Waals surface area contributed by atoms with Crippen LogP contribution < -0.4 is 5.32 Å². The quantitative estimate of drug-likeness (QED) is 0.422. The summed E-state index contributed by atoms with van der Waals surface area (Å²) < 4.78 is 4.66. The van der Waals surface area contributed by atoms with E-state index in [1.807, 2.05) is 31.2 Å². The minimum absolute atomic E-state index is 0.115. The Bertz CT molecular complexity index is 922. The molecule has 0 amide bonds. The first kappa shape index (κ1) is 22.2. The predicted octanol–water partition coefficient (Wildman–Crippen LogP) is 3.07. The highest BCUT2D eigenvalue weighted by atomic mass is 32.1. The predicted molar refractivity (Wildman–Crippen MR) is 117 cm³/mol. The molecule has 0 aliphatic carbocycles. The summed E-state index contributed by atoms with van der Waals surface area (Å²) in [6.45, 7) is 5.79. The van der Waals surface area contributed by atoms with E-state index >= 15 is 0 Å². The fourth-order valence-corrected chi connectivity index (χ4v) is 3.11. The summed E-state index contributed by atoms with van der Waals surface area (Å²) >= 11 is 1.33. The van der Waals surface area contributed by atoms with Crippen LogP contribution in [0.4, 0.5) is 0 Å². The number of ether oxygens (including phenoxy) is 1. The van der Waals surface area contributed by atoms with Gasteiger partial charge in [0, 0.05) is 42.9 Å². The molecule has 1 aliphatic rings. The van der Waals surface area contributed by atoms with Gasteiger partial charge in [-0.3, -0.25) is 14.8 Å². The molecule has 0 bridgehead atoms. The lowest BCUT2D eigenvalue weighted by Crippen LogP contribution is -2.19. The number of ketones is 1. The van der Waals surface area contributed by atoms with E-state index in [9.17, 15) is 9.59 Å². The molecule has 0 spiro atoms. The van der Waals surface area contributed by atoms with Gasteiger partial charge in [-0.05, 0) is 13.3 Å². The molecule has 1 aliphatic heterocycles. The van der Waals surface area contributed by atoms with E-state index in [4.69, 9.17) is 0 Å². The molecule has 1 aromatic rings. The standard InChI is InChI=1S/C21H24N4O3S/c1-14-8-6-5-7-9-16(11-23-14)20(26)15(2)24-12-17(22-3)10-19-25-18(13-29-19)21(27)28-4/h5-8,11-14,23H,2,9-10H2,1,3-4H3/b7-5-,8-6-,16-11+,22-17-,24-12-. The lowest BCUT2D eigenvalue weighted by molar-refractivity contribution is -0.112. The lowest BCUT2D eigenvalue weighted by atomic mass is 10.1. The maximum Gasteiger partial charge on any atom is 0.357 e. The maximum atomic E-state index is 12.7. The number of Topliss-reactive ketones (excluding diaryl/α,β-unsaturated/α-hetero) is 1. The summed E-state index contributed by atoms with van der Waals surface area (Å²) in [5, 5.41) is 5.50. The average molecular weight is 413 g/mol. The van der Waals surface area contributed by atoms with Gasteiger partial charge in [-0.1, -0.05) is 30.9 Å². The van der Waals surface area contributed by atoms with E-state index in [0.29, 0.717) is 29.1 Å². The van der Waals surface area contributed by atoms with Gasteiger partial charge in [0.25, 0.3) is 0 Å². The zero-order chi connectivity index (χ0) is 21.2. The van der Waals surface area contributed by atoms with Crippen molar-refractivity contribution in [2.24, 2.45) is 9.98 Å². The second-order valence-electron chi connectivity index (χ2n) is 6.19. The number of rotatable bonds is 7. The summed E-state index contributed by atoms with van der Waals surface area (Å²) in [6, 6.07) is 0.115. The number of carbonyl (C=O) groups is 2. The number of hydrogen-bond acceptors (Lipinski definition) is 8. The third kappa shape index (κ3) is 6.76. The Morgan fingerprint density at radius 1 is 1.45 bits per heavy atom. The number of nitrogens with one attached hydrogen (secondary N) is 1. The van der Waals surface area contributed by atoms with Crippen molar-refractivity contribution in [1.29, 1.82) is 0 Å². The fraction of sp³-hybridized carbons (Fsp3) is 0.286. The summed E-state index contributed by atoms with van der Waals surface area (Å²) in [5.74, 6) is -0.712. The minimum atomic E-state index is -0.481. The van der Waals surface area contributed by atoms with Crippen molar-refractivity contribution in [2.75, 3.05) is 14.2 Å². The molecule has 2 rings (SSSR count). The van der Waals surface area contributed by atoms with Crippen LogP contribution in [-0.4, -0.2) is 48.9 Å². The second kappa shape index (κ2) is 11.0. The van der Waals surface area contributed by atoms with Crippen LogP contribution in [0.25, 0.3) is 0 Å². The van der Waals surface area contributed by atoms with Crippen molar-refractivity contribution in [3.8, 4) is 0 Å². The van der Waals surface area contributed by atoms with Crippen molar-refractivity contribution >= 4 is 35.0 Å². The van der Waals surface area contributed by atoms with Gasteiger partial charge in [-0.15, -0.1) is 11.3 Å². The van der Waals surface area contributed by atoms with Crippen molar-refractivity contribution in [2.45, 2.75) is 25.8 Å². The van der Waals surface area contributed by atoms with E-state index in [-0.39, 0.29) is 23.2 Å². The van der Waals surface area contributed by atoms with Crippen LogP contribution in [0, 0.1) is 0 Å². The molecule has 0 saturated carbocycles. The molecule has 0 fully saturated rings. The first-order valence-corrected chi connectivity index (χ1v) is 9.87. The van der Waals surface area contributed by atoms with Crippen molar-refractivity contribution < 1.29 is 14.3 Å². The highest BCUT2D eigenvalue weighted by Gasteiger charge is 2.14. The molecule has 2 heterocycles. The smallest absolute Gasteiger partial charge is 0.357 e. The highest BCUT2D eigenvalue weighted by Crippen LogP contribution is 2.13. The maximum absolute atomic E-state index is 12.7. The third-order valence-electron chi connectivity index (χ3n) is 3.99. The minimum Gasteiger partial charge on any atom is -0.464 e. The lowest BCUT2D eigenvalue weighted by Gasteiger charge is -2.08. The number of aliphatic imine (C=N–C) groups is 2. The van der Waals surface area contributed by atoms with E-state index in [0.717, 1.165) is 0 Å². The molecule has 29 heavy (non-hydrogen) atoms. The molecular weight excluding hydrogens is 388 g/mol. The molecule has 0 aromatic carbocycles. The van der Waals surface area contributed by atoms with Gasteiger partial charge in [-0.2, -0.15) is 0 Å². The van der Waals surface area contributed by atoms with Crippen LogP contribution in [0.15, 0.2) is 63.7 Å². The zero-order valence-corrected chi connectivity index (χ0v) is 17.5. The monoisotopic (exact) mass is 412 g/mol. The Kier molecular flexibility index (Phi) is 8.42. The number of hydrogen-bond donors (Lipinski definition) is 1. The molecule has 1 N–H and O–H groups in total. The van der Waals surface area contributed by atoms with Crippen LogP contribution in [0.5, 0.6) is 0 Å². The number of esters is 1. The van der Waals surface area contributed by atoms with Crippen molar-refractivity contribution in [3.63, 3.8) is 0 Å². The molecule has 1 aromatic heterocycles. The Labute approximate surface area is 174 Å². The van der Waals surface area contributed by atoms with E-state index in [1.54, 1.807) is 18.6 Å². The zero-order valence-electron chi connectivity index (χ0n) is 16.7. The molecule has 0 saturated heterocycles. The Morgan fingerprint density at radius 3 is 2.97 bits per heavy atom. The van der Waals surface area contributed by atoms with E-state index in [1.165, 1.54) is 24.7 Å². The third-order valence-corrected chi connectivity index (χ3v) is 4.84. The molecular formula is C21H24N4O3S. The molecule has 152 valence electrons. The number of aromatic nitrogens is 1. The van der Waals surface area contributed by atoms with Crippen LogP contribution in [-0.2, 0) is 16.0 Å². The van der Waals surface area contributed by atoms with Crippen molar-refractivity contribution in [3.05, 3.63) is 64.4 Å². The summed E-state index contributed by atoms with van der Waals surface area (Å²) in [4.78, 5) is 36.8. The normalized spacial score (nSPS) is 21.1. The molecule has 7 nitrogen and oxygen atoms in total. The van der Waals surface area contributed by atoms with Gasteiger partial charge in [0.2, 0.25) is 5.78 Å². The average Bonchev–Trinajstić information content (AvgIpc) is 3.22. The fourth-order valence-electron chi connectivity index (χ4n) is 2.33. The van der Waals surface area contributed by atoms with Gasteiger partial charge in [0.15, 0.2) is 5.69 Å². The Morgan fingerprint density at radius 2 is 2.24 bits per heavy atom. The number of thiazole rings is 1. The van der Waals surface area contributed by atoms with Crippen LogP contribution in [0.1, 0.15) is 28.8 Å². The number of nitrogens with zero attached hydrogens (tertiary/aromatic N) is 3. The van der Waals surface area contributed by atoms with Gasteiger partial charge < -0.3 is 10.1 Å². The topological polar surface area (TPSA) is 93.0 Å². The second-order valence-corrected chi connectivity index (χ2v) is 7.13. The Balaban J connectivity index is 2.03. The largest absolute Gasteiger partial charge is 0.464 e. The first-order chi connectivity index (χ1) is 13.9. The number of methoxy groups -OCH3 is 1. The number of carbonyl (C=O) groups excluding carboxylic acids is 2. The van der Waals surface area contributed by atoms with Crippen LogP contribution in [0.2, 0.25) is 0 Å². The van der Waals surface area contributed by atoms with E-state index < -0.39 is 5.97 Å². The Hall–Kier alpha value is -3.13. The summed E-state index contributed by atoms with van der Waals surface area (Å²) in [5.41, 5.74) is 1.58. The van der Waals surface area contributed by atoms with E-state index in [2.05, 4.69) is 31.6 Å². The summed E-state index contributed by atoms with van der Waals surface area (Å²) in [6.07, 6.45) is 11.9. The number of allylic oxidation sites excluding steroid dienone is 4. The molecule has 8 heteroatoms. The van der Waals surface area contributed by atoms with Gasteiger partial charge in [0.05, 0.1) is 17.8 Å². The molecule has 0 radical (unpaired) electrons. The molecule has 1 atom stereocenters. The van der Waals surface area contributed by atoms with Crippen molar-refractivity contribution in [1.82, 2.24) is 10.3 Å². The SMILES string of the molecule is C=C(/N=C\C(Cc1nc(C(=O)OC)cs1)=N/C)C(=O)/C1=C/NC(C)/C=C\C=C/C1. The van der Waals surface area contributed by atoms with Crippen LogP contribution >= 0.6 is 11.3 Å². The van der Waals surface area contributed by atoms with Crippen LogP contribution in [0.3, 0.4) is 0 Å². The molecule has 1 unspecified atom stereocenters. The first-order valence-electron chi connectivity index (χ1n) is 8.99. The van der Waals surface area contributed by atoms with Gasteiger partial charge in [0.1, 0.15) is 5.70 Å².